The lowest BCUT2D eigenvalue weighted by atomic mass is 10.1. The predicted molar refractivity (Wildman–Crippen MR) is 288 cm³/mol. The van der Waals surface area contributed by atoms with Gasteiger partial charge in [-0.05, 0) is 72.1 Å². The molecule has 0 radical (unpaired) electrons. The summed E-state index contributed by atoms with van der Waals surface area (Å²) in [5, 5.41) is 15.5. The Labute approximate surface area is 466 Å². The van der Waals surface area contributed by atoms with E-state index in [-0.39, 0.29) is 143 Å². The highest BCUT2D eigenvalue weighted by molar-refractivity contribution is 5.92. The highest BCUT2D eigenvalue weighted by atomic mass is 16.6. The van der Waals surface area contributed by atoms with E-state index in [0.29, 0.717) is 25.7 Å². The first kappa shape index (κ1) is 73.3. The van der Waals surface area contributed by atoms with Gasteiger partial charge < -0.3 is 80.3 Å². The number of hydrogen-bond donors (Lipinski definition) is 7. The molecule has 0 aromatic heterocycles. The van der Waals surface area contributed by atoms with Gasteiger partial charge in [0.05, 0.1) is 78.7 Å². The molecule has 4 unspecified atom stereocenters. The lowest BCUT2D eigenvalue weighted by molar-refractivity contribution is -0.150. The number of alkyl carbamates (subject to hydrolysis) is 1. The largest absolute Gasteiger partial charge is 0.466 e. The molecule has 0 aliphatic rings. The highest BCUT2D eigenvalue weighted by Gasteiger charge is 2.30. The summed E-state index contributed by atoms with van der Waals surface area (Å²) < 4.78 is 48.0. The van der Waals surface area contributed by atoms with E-state index in [1.807, 2.05) is 27.7 Å². The van der Waals surface area contributed by atoms with Crippen molar-refractivity contribution in [1.82, 2.24) is 31.9 Å². The summed E-state index contributed by atoms with van der Waals surface area (Å²) in [6.07, 6.45) is 3.62. The summed E-state index contributed by atoms with van der Waals surface area (Å²) in [5.74, 6) is -5.82. The third-order valence-corrected chi connectivity index (χ3v) is 10.8. The van der Waals surface area contributed by atoms with Gasteiger partial charge >= 0.3 is 30.0 Å². The zero-order valence-corrected chi connectivity index (χ0v) is 48.1. The first-order valence-corrected chi connectivity index (χ1v) is 27.9. The van der Waals surface area contributed by atoms with Gasteiger partial charge in [0.1, 0.15) is 30.3 Å². The maximum absolute atomic E-state index is 13.9. The normalized spacial score (nSPS) is 12.6. The van der Waals surface area contributed by atoms with Gasteiger partial charge in [-0.2, -0.15) is 0 Å². The van der Waals surface area contributed by atoms with Crippen molar-refractivity contribution in [3.05, 3.63) is 0 Å². The van der Waals surface area contributed by atoms with Crippen molar-refractivity contribution in [2.45, 2.75) is 181 Å². The van der Waals surface area contributed by atoms with Crippen LogP contribution in [0.1, 0.15) is 151 Å². The monoisotopic (exact) mass is 1130 g/mol. The van der Waals surface area contributed by atoms with E-state index < -0.39 is 96.4 Å². The first-order valence-electron chi connectivity index (χ1n) is 27.9. The smallest absolute Gasteiger partial charge is 0.407 e. The minimum Gasteiger partial charge on any atom is -0.466 e. The Morgan fingerprint density at radius 2 is 0.835 bits per heavy atom. The van der Waals surface area contributed by atoms with Crippen LogP contribution in [0.15, 0.2) is 0 Å². The Hall–Kier alpha value is -5.70. The van der Waals surface area contributed by atoms with E-state index in [4.69, 9.17) is 48.4 Å². The topological polar surface area (TPSA) is 352 Å². The van der Waals surface area contributed by atoms with Crippen molar-refractivity contribution in [3.63, 3.8) is 0 Å². The molecular formula is C53H95N7O19. The Bertz CT molecular complexity index is 1770. The molecule has 0 rings (SSSR count). The summed E-state index contributed by atoms with van der Waals surface area (Å²) >= 11 is 0. The Kier molecular flexibility index (Phi) is 43.7. The summed E-state index contributed by atoms with van der Waals surface area (Å²) in [4.78, 5) is 128. The van der Waals surface area contributed by atoms with Gasteiger partial charge in [-0.25, -0.2) is 14.4 Å². The Morgan fingerprint density at radius 1 is 0.418 bits per heavy atom. The van der Waals surface area contributed by atoms with Gasteiger partial charge in [0.25, 0.3) is 0 Å². The maximum Gasteiger partial charge on any atom is 0.407 e. The molecule has 456 valence electrons. The maximum atomic E-state index is 13.9. The van der Waals surface area contributed by atoms with Crippen molar-refractivity contribution in [2.24, 2.45) is 5.73 Å². The van der Waals surface area contributed by atoms with Crippen molar-refractivity contribution in [2.75, 3.05) is 98.9 Å². The second-order valence-electron chi connectivity index (χ2n) is 19.2. The third-order valence-electron chi connectivity index (χ3n) is 10.8. The lowest BCUT2D eigenvalue weighted by Gasteiger charge is -2.23. The fraction of sp³-hybridized carbons (Fsp3) is 0.811. The van der Waals surface area contributed by atoms with Gasteiger partial charge in [0.2, 0.25) is 29.5 Å². The molecule has 0 spiro atoms. The van der Waals surface area contributed by atoms with Gasteiger partial charge in [-0.1, -0.05) is 53.4 Å². The molecule has 0 heterocycles. The lowest BCUT2D eigenvalue weighted by Crippen LogP contribution is -2.53. The van der Waals surface area contributed by atoms with Crippen LogP contribution in [0.2, 0.25) is 0 Å². The van der Waals surface area contributed by atoms with Gasteiger partial charge in [-0.3, -0.25) is 33.6 Å². The fourth-order valence-electron chi connectivity index (χ4n) is 6.37. The van der Waals surface area contributed by atoms with Gasteiger partial charge in [0, 0.05) is 45.3 Å². The molecule has 26 nitrogen and oxygen atoms in total. The molecule has 0 fully saturated rings. The molecule has 0 aromatic rings. The van der Waals surface area contributed by atoms with Crippen LogP contribution < -0.4 is 37.6 Å². The van der Waals surface area contributed by atoms with Gasteiger partial charge in [0.15, 0.2) is 0 Å². The second-order valence-corrected chi connectivity index (χ2v) is 19.2. The minimum absolute atomic E-state index is 0.0174. The standard InChI is InChI=1S/C53H95N7O19/c1-8-12-27-75-46(64)22-18-41(50(68)77-29-14-10-3)59-44(62)21-17-40(49(67)60-42(51(69)78-30-15-11-4)19-23-47(65)76-28-13-9-2)58-45(63)38-74-37-36-71-31-24-55-43(61)20-16-39(54)48(66)56-25-32-72-34-35-73-33-26-57-52(70)79-53(5,6)7/h39-42H,8-38,54H2,1-7H3,(H,55,61)(H,56,66)(H,57,70)(H,58,63)(H,59,62)(H,60,67). The van der Waals surface area contributed by atoms with Crippen LogP contribution in [0.4, 0.5) is 4.79 Å². The summed E-state index contributed by atoms with van der Waals surface area (Å²) in [6, 6.07) is -4.89. The summed E-state index contributed by atoms with van der Waals surface area (Å²) in [5.41, 5.74) is 5.36. The average Bonchev–Trinajstić information content (AvgIpc) is 3.39. The third kappa shape index (κ3) is 42.9. The van der Waals surface area contributed by atoms with Crippen molar-refractivity contribution in [3.8, 4) is 0 Å². The molecule has 4 atom stereocenters. The Morgan fingerprint density at radius 3 is 1.33 bits per heavy atom. The number of carbonyl (C=O) groups excluding carboxylic acids is 10. The number of rotatable bonds is 48. The van der Waals surface area contributed by atoms with Crippen molar-refractivity contribution >= 4 is 59.5 Å². The molecule has 0 saturated heterocycles. The number of unbranched alkanes of at least 4 members (excludes halogenated alkanes) is 4. The number of amides is 6. The minimum atomic E-state index is -1.43. The number of ether oxygens (including phenoxy) is 9. The summed E-state index contributed by atoms with van der Waals surface area (Å²) in [7, 11) is 0. The zero-order chi connectivity index (χ0) is 59.1. The van der Waals surface area contributed by atoms with Crippen LogP contribution in [-0.2, 0) is 85.8 Å². The van der Waals surface area contributed by atoms with Gasteiger partial charge in [-0.15, -0.1) is 0 Å². The van der Waals surface area contributed by atoms with E-state index in [1.165, 1.54) is 0 Å². The number of nitrogens with two attached hydrogens (primary N) is 1. The van der Waals surface area contributed by atoms with Crippen LogP contribution in [0, 0.1) is 0 Å². The van der Waals surface area contributed by atoms with E-state index >= 15 is 0 Å². The molecule has 0 aliphatic heterocycles. The molecular weight excluding hydrogens is 1040 g/mol. The van der Waals surface area contributed by atoms with Crippen LogP contribution >= 0.6 is 0 Å². The molecule has 8 N–H and O–H groups in total. The first-order chi connectivity index (χ1) is 37.8. The Balaban J connectivity index is 5.24. The average molecular weight is 1130 g/mol. The molecule has 6 amide bonds. The van der Waals surface area contributed by atoms with Crippen LogP contribution in [0.3, 0.4) is 0 Å². The molecule has 0 aliphatic carbocycles. The molecule has 26 heteroatoms. The number of nitrogens with one attached hydrogen (secondary N) is 6. The van der Waals surface area contributed by atoms with Crippen molar-refractivity contribution in [1.29, 1.82) is 0 Å². The zero-order valence-electron chi connectivity index (χ0n) is 48.1. The van der Waals surface area contributed by atoms with E-state index in [0.717, 1.165) is 25.7 Å². The van der Waals surface area contributed by atoms with Crippen molar-refractivity contribution < 1.29 is 90.6 Å². The molecule has 0 saturated carbocycles. The second kappa shape index (κ2) is 47.1. The van der Waals surface area contributed by atoms with Crippen LogP contribution in [-0.4, -0.2) is 188 Å². The molecule has 79 heavy (non-hydrogen) atoms. The van der Waals surface area contributed by atoms with E-state index in [1.54, 1.807) is 20.8 Å². The quantitative estimate of drug-likeness (QED) is 0.0260. The molecule has 0 bridgehead atoms. The van der Waals surface area contributed by atoms with Crippen LogP contribution in [0.25, 0.3) is 0 Å². The highest BCUT2D eigenvalue weighted by Crippen LogP contribution is 2.10. The van der Waals surface area contributed by atoms with Crippen LogP contribution in [0.5, 0.6) is 0 Å². The van der Waals surface area contributed by atoms with E-state index in [9.17, 15) is 47.9 Å². The van der Waals surface area contributed by atoms with E-state index in [2.05, 4.69) is 31.9 Å². The SMILES string of the molecule is CCCCOC(=O)CCC(NC(=O)CCC(NC(=O)COCCOCCNC(=O)CCC(N)C(=O)NCCOCCOCCNC(=O)OC(C)(C)C)C(=O)NC(CCC(=O)OCCCC)C(=O)OCCCC)C(=O)OCCCC. The number of carbonyl (C=O) groups is 10. The molecule has 0 aromatic carbocycles. The predicted octanol–water partition coefficient (Wildman–Crippen LogP) is 2.09. The fourth-order valence-corrected chi connectivity index (χ4v) is 6.37. The number of hydrogen-bond acceptors (Lipinski definition) is 20. The number of esters is 4. The summed E-state index contributed by atoms with van der Waals surface area (Å²) in [6.45, 7) is 14.7.